The number of rotatable bonds is 2. The van der Waals surface area contributed by atoms with Crippen LogP contribution in [0.15, 0.2) is 39.3 Å². The van der Waals surface area contributed by atoms with Crippen molar-refractivity contribution in [2.45, 2.75) is 67.1 Å². The Bertz CT molecular complexity index is 1910. The fourth-order valence-corrected chi connectivity index (χ4v) is 4.60. The lowest BCUT2D eigenvalue weighted by Crippen LogP contribution is -2.32. The molecule has 5 nitrogen and oxygen atoms in total. The van der Waals surface area contributed by atoms with Crippen molar-refractivity contribution in [3.8, 4) is 17.3 Å². The summed E-state index contributed by atoms with van der Waals surface area (Å²) in [6.45, 7) is 10.7. The van der Waals surface area contributed by atoms with E-state index in [0.717, 1.165) is 10.9 Å². The van der Waals surface area contributed by atoms with Gasteiger partial charge in [0, 0.05) is 34.7 Å². The second-order valence-electron chi connectivity index (χ2n) is 11.6. The summed E-state index contributed by atoms with van der Waals surface area (Å²) in [6.07, 6.45) is -0.460. The summed E-state index contributed by atoms with van der Waals surface area (Å²) in [5.74, 6) is 0.527. The second-order valence-corrected chi connectivity index (χ2v) is 11.6. The Morgan fingerprint density at radius 3 is 2.44 bits per heavy atom. The molecule has 5 heteroatoms. The van der Waals surface area contributed by atoms with Crippen LogP contribution in [0.1, 0.15) is 76.5 Å². The van der Waals surface area contributed by atoms with Crippen LogP contribution in [0, 0.1) is 30.5 Å². The van der Waals surface area contributed by atoms with Crippen LogP contribution in [0.2, 0.25) is 0 Å². The molecule has 0 aliphatic rings. The van der Waals surface area contributed by atoms with Gasteiger partial charge in [0.15, 0.2) is 17.4 Å². The van der Waals surface area contributed by atoms with Gasteiger partial charge in [0.25, 0.3) is 0 Å². The number of hydrogen-bond donors (Lipinski definition) is 0. The Morgan fingerprint density at radius 1 is 1.06 bits per heavy atom. The zero-order valence-corrected chi connectivity index (χ0v) is 22.0. The molecular formula is C31H34N3O2+. The number of benzene rings is 2. The van der Waals surface area contributed by atoms with Crippen LogP contribution in [-0.2, 0) is 18.8 Å². The lowest BCUT2D eigenvalue weighted by atomic mass is 9.86. The highest BCUT2D eigenvalue weighted by molar-refractivity contribution is 6.14. The number of aryl methyl sites for hydroxylation is 3. The molecule has 0 saturated carbocycles. The van der Waals surface area contributed by atoms with Crippen LogP contribution in [0.3, 0.4) is 0 Å². The molecule has 0 atom stereocenters. The van der Waals surface area contributed by atoms with Crippen LogP contribution in [0.4, 0.5) is 0 Å². The first-order valence-electron chi connectivity index (χ1n) is 14.5. The molecule has 0 N–H and O–H groups in total. The zero-order valence-electron chi connectivity index (χ0n) is 27.0. The van der Waals surface area contributed by atoms with E-state index in [4.69, 9.17) is 15.7 Å². The van der Waals surface area contributed by atoms with Gasteiger partial charge in [-0.05, 0) is 42.8 Å². The van der Waals surface area contributed by atoms with E-state index in [1.54, 1.807) is 38.5 Å². The Balaban J connectivity index is 1.88. The van der Waals surface area contributed by atoms with Gasteiger partial charge in [0.05, 0.1) is 5.56 Å². The Hall–Kier alpha value is -3.65. The normalized spacial score (nSPS) is 15.5. The lowest BCUT2D eigenvalue weighted by molar-refractivity contribution is -0.660. The molecule has 5 aromatic rings. The van der Waals surface area contributed by atoms with Gasteiger partial charge < -0.3 is 8.83 Å². The minimum Gasteiger partial charge on any atom is -0.454 e. The van der Waals surface area contributed by atoms with Crippen LogP contribution < -0.4 is 4.57 Å². The summed E-state index contributed by atoms with van der Waals surface area (Å²) in [5, 5.41) is 11.6. The summed E-state index contributed by atoms with van der Waals surface area (Å²) in [6, 6.07) is 9.62. The average molecular weight is 486 g/mol. The third kappa shape index (κ3) is 3.86. The van der Waals surface area contributed by atoms with E-state index in [-0.39, 0.29) is 22.1 Å². The van der Waals surface area contributed by atoms with Crippen molar-refractivity contribution in [1.29, 1.82) is 5.26 Å². The highest BCUT2D eigenvalue weighted by Crippen LogP contribution is 2.41. The lowest BCUT2D eigenvalue weighted by Gasteiger charge is -2.19. The van der Waals surface area contributed by atoms with Crippen molar-refractivity contribution >= 4 is 33.0 Å². The third-order valence-corrected chi connectivity index (χ3v) is 6.29. The molecule has 184 valence electrons. The Labute approximate surface area is 219 Å². The molecule has 0 spiro atoms. The predicted molar refractivity (Wildman–Crippen MR) is 144 cm³/mol. The fourth-order valence-electron chi connectivity index (χ4n) is 4.60. The van der Waals surface area contributed by atoms with E-state index in [2.05, 4.69) is 11.1 Å². The molecule has 0 fully saturated rings. The number of nitrogens with zero attached hydrogens (tertiary/aromatic N) is 3. The largest absolute Gasteiger partial charge is 0.454 e. The number of aromatic nitrogens is 2. The van der Waals surface area contributed by atoms with E-state index in [0.29, 0.717) is 44.8 Å². The molecule has 0 aliphatic carbocycles. The van der Waals surface area contributed by atoms with Gasteiger partial charge in [-0.1, -0.05) is 53.7 Å². The summed E-state index contributed by atoms with van der Waals surface area (Å²) in [4.78, 5) is 4.63. The summed E-state index contributed by atoms with van der Waals surface area (Å²) in [7, 11) is 1.74. The number of fused-ring (bicyclic) bond motifs is 4. The van der Waals surface area contributed by atoms with Crippen molar-refractivity contribution in [2.75, 3.05) is 0 Å². The summed E-state index contributed by atoms with van der Waals surface area (Å²) < 4.78 is 56.7. The molecule has 0 saturated heterocycles. The van der Waals surface area contributed by atoms with Crippen molar-refractivity contribution in [3.05, 3.63) is 58.6 Å². The number of oxazole rings is 1. The average Bonchev–Trinajstić information content (AvgIpc) is 3.43. The highest BCUT2D eigenvalue weighted by atomic mass is 16.4. The van der Waals surface area contributed by atoms with Crippen molar-refractivity contribution < 1.29 is 20.3 Å². The maximum Gasteiger partial charge on any atom is 0.216 e. The van der Waals surface area contributed by atoms with Gasteiger partial charge in [-0.25, -0.2) is 9.55 Å². The van der Waals surface area contributed by atoms with Gasteiger partial charge in [0.1, 0.15) is 29.8 Å². The van der Waals surface area contributed by atoms with E-state index < -0.39 is 18.6 Å². The summed E-state index contributed by atoms with van der Waals surface area (Å²) >= 11 is 0. The molecule has 3 heterocycles. The molecule has 0 aliphatic heterocycles. The topological polar surface area (TPSA) is 66.8 Å². The van der Waals surface area contributed by atoms with Crippen molar-refractivity contribution in [1.82, 2.24) is 4.98 Å². The molecule has 0 amide bonds. The van der Waals surface area contributed by atoms with Crippen LogP contribution in [0.25, 0.3) is 44.3 Å². The van der Waals surface area contributed by atoms with Gasteiger partial charge in [-0.15, -0.1) is 0 Å². The molecule has 3 aromatic heterocycles. The van der Waals surface area contributed by atoms with Crippen LogP contribution in [0.5, 0.6) is 0 Å². The third-order valence-electron chi connectivity index (χ3n) is 6.29. The quantitative estimate of drug-likeness (QED) is 0.242. The molecule has 0 unspecified atom stereocenters. The molecule has 5 rings (SSSR count). The standard InChI is InChI=1S/C31H34N3O2/c1-17-10-11-20-21-13-24-26(33-29(35-24)31(6,7)8)22(15-32)27(21)36-28(20)25(17)23-12-19(14-30(3,4)5)18(2)16-34(23)9/h10-13,16H,14H2,1-9H3/q+1/i2D3,14D2. The number of furan rings is 1. The van der Waals surface area contributed by atoms with Crippen molar-refractivity contribution in [2.24, 2.45) is 12.5 Å². The molecule has 36 heavy (non-hydrogen) atoms. The molecule has 2 aromatic carbocycles. The smallest absolute Gasteiger partial charge is 0.216 e. The van der Waals surface area contributed by atoms with E-state index in [1.165, 1.54) is 6.20 Å². The number of nitriles is 1. The zero-order chi connectivity index (χ0) is 30.4. The minimum absolute atomic E-state index is 0.0361. The first kappa shape index (κ1) is 18.6. The first-order chi connectivity index (χ1) is 18.8. The maximum atomic E-state index is 10.2. The molecule has 0 radical (unpaired) electrons. The predicted octanol–water partition coefficient (Wildman–Crippen LogP) is 7.59. The second kappa shape index (κ2) is 7.93. The van der Waals surface area contributed by atoms with Crippen LogP contribution >= 0.6 is 0 Å². The first-order valence-corrected chi connectivity index (χ1v) is 12.0. The van der Waals surface area contributed by atoms with E-state index in [9.17, 15) is 5.26 Å². The van der Waals surface area contributed by atoms with Crippen molar-refractivity contribution in [3.63, 3.8) is 0 Å². The number of hydrogen-bond acceptors (Lipinski definition) is 4. The minimum atomic E-state index is -2.51. The maximum absolute atomic E-state index is 10.2. The SMILES string of the molecule is [2H]C([2H])([2H])c1c[n+](C)c(-c2c(C)ccc3c2oc2c(C#N)c4nc(C(C)(C)C)oc4cc23)cc1C([2H])([2H])C(C)(C)C. The highest BCUT2D eigenvalue weighted by Gasteiger charge is 2.27. The van der Waals surface area contributed by atoms with Gasteiger partial charge in [0.2, 0.25) is 11.6 Å². The van der Waals surface area contributed by atoms with Gasteiger partial charge in [-0.3, -0.25) is 0 Å². The number of pyridine rings is 1. The van der Waals surface area contributed by atoms with E-state index in [1.807, 2.05) is 45.9 Å². The monoisotopic (exact) mass is 485 g/mol. The van der Waals surface area contributed by atoms with Gasteiger partial charge >= 0.3 is 0 Å². The molecule has 0 bridgehead atoms. The van der Waals surface area contributed by atoms with E-state index >= 15 is 0 Å². The Morgan fingerprint density at radius 2 is 1.81 bits per heavy atom. The summed E-state index contributed by atoms with van der Waals surface area (Å²) in [5.41, 5.74) is 3.12. The van der Waals surface area contributed by atoms with Crippen LogP contribution in [-0.4, -0.2) is 4.98 Å². The fraction of sp³-hybridized carbons (Fsp3) is 0.387. The molecular weight excluding hydrogens is 446 g/mol. The Kier molecular flexibility index (Phi) is 4.10. The van der Waals surface area contributed by atoms with Gasteiger partial charge in [-0.2, -0.15) is 5.26 Å².